The average Bonchev–Trinajstić information content (AvgIpc) is 3.25. The van der Waals surface area contributed by atoms with Gasteiger partial charge in [-0.25, -0.2) is 0 Å². The molecule has 1 saturated heterocycles. The molecule has 2 amide bonds. The molecule has 1 fully saturated rings. The number of piperidine rings is 1. The zero-order valence-corrected chi connectivity index (χ0v) is 17.8. The molecule has 0 radical (unpaired) electrons. The molecule has 7 heteroatoms. The molecule has 30 heavy (non-hydrogen) atoms. The molecule has 2 heterocycles. The minimum Gasteiger partial charge on any atom is -0.454 e. The molecule has 4 rings (SSSR count). The zero-order chi connectivity index (χ0) is 20.9. The van der Waals surface area contributed by atoms with Crippen molar-refractivity contribution in [1.29, 1.82) is 0 Å². The van der Waals surface area contributed by atoms with E-state index in [2.05, 4.69) is 17.4 Å². The fourth-order valence-electron chi connectivity index (χ4n) is 3.70. The Hall–Kier alpha value is -2.67. The quantitative estimate of drug-likeness (QED) is 0.758. The van der Waals surface area contributed by atoms with Gasteiger partial charge in [0.1, 0.15) is 0 Å². The average molecular weight is 427 g/mol. The second-order valence-electron chi connectivity index (χ2n) is 7.60. The van der Waals surface area contributed by atoms with Crippen LogP contribution in [0.15, 0.2) is 48.5 Å². The fourth-order valence-corrected chi connectivity index (χ4v) is 4.63. The Kier molecular flexibility index (Phi) is 6.47. The van der Waals surface area contributed by atoms with Crippen LogP contribution in [0.25, 0.3) is 0 Å². The third-order valence-electron chi connectivity index (χ3n) is 5.51. The lowest BCUT2D eigenvalue weighted by molar-refractivity contribution is -0.133. The molecule has 6 nitrogen and oxygen atoms in total. The van der Waals surface area contributed by atoms with Crippen molar-refractivity contribution in [3.05, 3.63) is 54.1 Å². The van der Waals surface area contributed by atoms with Gasteiger partial charge in [0.05, 0.1) is 5.25 Å². The largest absolute Gasteiger partial charge is 0.454 e. The van der Waals surface area contributed by atoms with Crippen molar-refractivity contribution in [3.63, 3.8) is 0 Å². The molecule has 0 saturated carbocycles. The first-order valence-corrected chi connectivity index (χ1v) is 11.3. The van der Waals surface area contributed by atoms with Crippen LogP contribution in [-0.4, -0.2) is 41.8 Å². The number of benzene rings is 2. The van der Waals surface area contributed by atoms with Gasteiger partial charge >= 0.3 is 0 Å². The first-order valence-electron chi connectivity index (χ1n) is 10.2. The van der Waals surface area contributed by atoms with Gasteiger partial charge in [0, 0.05) is 36.5 Å². The van der Waals surface area contributed by atoms with Gasteiger partial charge in [0.15, 0.2) is 11.5 Å². The summed E-state index contributed by atoms with van der Waals surface area (Å²) in [5, 5.41) is 2.87. The van der Waals surface area contributed by atoms with Crippen LogP contribution in [0.1, 0.15) is 25.3 Å². The third kappa shape index (κ3) is 4.90. The highest BCUT2D eigenvalue weighted by molar-refractivity contribution is 7.99. The normalized spacial score (nSPS) is 16.9. The number of rotatable bonds is 6. The first kappa shape index (κ1) is 20.6. The predicted octanol–water partition coefficient (Wildman–Crippen LogP) is 3.91. The number of thioether (sulfide) groups is 1. The molecule has 2 aliphatic rings. The Morgan fingerprint density at radius 1 is 1.10 bits per heavy atom. The number of fused-ring (bicyclic) bond motifs is 1. The van der Waals surface area contributed by atoms with Gasteiger partial charge in [0.25, 0.3) is 0 Å². The minimum absolute atomic E-state index is 0.00698. The maximum absolute atomic E-state index is 12.8. The van der Waals surface area contributed by atoms with E-state index in [1.807, 2.05) is 36.1 Å². The van der Waals surface area contributed by atoms with Crippen LogP contribution in [0, 0.1) is 5.92 Å². The number of carbonyl (C=O) groups excluding carboxylic acids is 2. The van der Waals surface area contributed by atoms with Gasteiger partial charge in [-0.15, -0.1) is 11.8 Å². The molecule has 1 atom stereocenters. The van der Waals surface area contributed by atoms with E-state index in [1.54, 1.807) is 23.9 Å². The van der Waals surface area contributed by atoms with Gasteiger partial charge < -0.3 is 19.7 Å². The number of anilines is 1. The van der Waals surface area contributed by atoms with Gasteiger partial charge in [-0.3, -0.25) is 9.59 Å². The standard InChI is InChI=1S/C23H26N2O4S/c1-16(30-14-17-5-3-2-4-6-17)23(27)25-11-9-18(10-12-25)22(26)24-19-7-8-20-21(13-19)29-15-28-20/h2-8,13,16,18H,9-12,14-15H2,1H3,(H,24,26)/t16-/m0/s1. The summed E-state index contributed by atoms with van der Waals surface area (Å²) in [6.45, 7) is 3.41. The monoisotopic (exact) mass is 426 g/mol. The van der Waals surface area contributed by atoms with Crippen molar-refractivity contribution in [2.24, 2.45) is 5.92 Å². The number of nitrogens with one attached hydrogen (secondary N) is 1. The number of carbonyl (C=O) groups is 2. The highest BCUT2D eigenvalue weighted by Crippen LogP contribution is 2.34. The van der Waals surface area contributed by atoms with Crippen LogP contribution in [0.5, 0.6) is 11.5 Å². The van der Waals surface area contributed by atoms with Gasteiger partial charge in [-0.2, -0.15) is 0 Å². The van der Waals surface area contributed by atoms with E-state index in [0.717, 1.165) is 5.75 Å². The highest BCUT2D eigenvalue weighted by Gasteiger charge is 2.29. The summed E-state index contributed by atoms with van der Waals surface area (Å²) < 4.78 is 10.7. The van der Waals surface area contributed by atoms with E-state index in [0.29, 0.717) is 43.1 Å². The number of nitrogens with zero attached hydrogens (tertiary/aromatic N) is 1. The lowest BCUT2D eigenvalue weighted by Crippen LogP contribution is -2.44. The summed E-state index contributed by atoms with van der Waals surface area (Å²) >= 11 is 1.66. The Labute approximate surface area is 180 Å². The Morgan fingerprint density at radius 3 is 2.60 bits per heavy atom. The van der Waals surface area contributed by atoms with Gasteiger partial charge in [-0.05, 0) is 37.5 Å². The number of hydrogen-bond donors (Lipinski definition) is 1. The Balaban J connectivity index is 1.23. The van der Waals surface area contributed by atoms with E-state index < -0.39 is 0 Å². The molecule has 0 aromatic heterocycles. The third-order valence-corrected chi connectivity index (χ3v) is 6.71. The van der Waals surface area contributed by atoms with Crippen molar-refractivity contribution in [2.75, 3.05) is 25.2 Å². The summed E-state index contributed by atoms with van der Waals surface area (Å²) in [5.74, 6) is 2.22. The maximum Gasteiger partial charge on any atom is 0.235 e. The van der Waals surface area contributed by atoms with Crippen molar-refractivity contribution >= 4 is 29.3 Å². The van der Waals surface area contributed by atoms with Crippen LogP contribution in [0.4, 0.5) is 5.69 Å². The lowest BCUT2D eigenvalue weighted by atomic mass is 9.95. The van der Waals surface area contributed by atoms with E-state index in [1.165, 1.54) is 5.56 Å². The second kappa shape index (κ2) is 9.43. The summed E-state index contributed by atoms with van der Waals surface area (Å²) in [6.07, 6.45) is 1.36. The van der Waals surface area contributed by atoms with Gasteiger partial charge in [0.2, 0.25) is 18.6 Å². The summed E-state index contributed by atoms with van der Waals surface area (Å²) in [7, 11) is 0. The van der Waals surface area contributed by atoms with Crippen LogP contribution in [0.2, 0.25) is 0 Å². The lowest BCUT2D eigenvalue weighted by Gasteiger charge is -2.33. The molecule has 0 spiro atoms. The Bertz CT molecular complexity index is 897. The second-order valence-corrected chi connectivity index (χ2v) is 8.92. The van der Waals surface area contributed by atoms with Crippen molar-refractivity contribution in [1.82, 2.24) is 4.90 Å². The van der Waals surface area contributed by atoms with Gasteiger partial charge in [-0.1, -0.05) is 30.3 Å². The molecule has 1 N–H and O–H groups in total. The number of likely N-dealkylation sites (tertiary alicyclic amines) is 1. The highest BCUT2D eigenvalue weighted by atomic mass is 32.2. The molecule has 158 valence electrons. The summed E-state index contributed by atoms with van der Waals surface area (Å²) in [5.41, 5.74) is 1.93. The first-order chi connectivity index (χ1) is 14.6. The molecular weight excluding hydrogens is 400 g/mol. The number of ether oxygens (including phenoxy) is 2. The number of amides is 2. The molecule has 2 aliphatic heterocycles. The summed E-state index contributed by atoms with van der Waals surface area (Å²) in [4.78, 5) is 27.3. The zero-order valence-electron chi connectivity index (χ0n) is 17.0. The topological polar surface area (TPSA) is 67.9 Å². The molecule has 2 aromatic rings. The Morgan fingerprint density at radius 2 is 1.83 bits per heavy atom. The molecule has 2 aromatic carbocycles. The smallest absolute Gasteiger partial charge is 0.235 e. The minimum atomic E-state index is -0.0933. The molecule has 0 bridgehead atoms. The number of hydrogen-bond acceptors (Lipinski definition) is 5. The van der Waals surface area contributed by atoms with Crippen molar-refractivity contribution in [2.45, 2.75) is 30.8 Å². The van der Waals surface area contributed by atoms with E-state index in [9.17, 15) is 9.59 Å². The van der Waals surface area contributed by atoms with E-state index >= 15 is 0 Å². The van der Waals surface area contributed by atoms with Crippen LogP contribution in [-0.2, 0) is 15.3 Å². The van der Waals surface area contributed by atoms with Crippen molar-refractivity contribution < 1.29 is 19.1 Å². The fraction of sp³-hybridized carbons (Fsp3) is 0.391. The predicted molar refractivity (Wildman–Crippen MR) is 118 cm³/mol. The molecular formula is C23H26N2O4S. The molecule has 0 aliphatic carbocycles. The summed E-state index contributed by atoms with van der Waals surface area (Å²) in [6, 6.07) is 15.6. The SMILES string of the molecule is C[C@H](SCc1ccccc1)C(=O)N1CCC(C(=O)Nc2ccc3c(c2)OCO3)CC1. The van der Waals surface area contributed by atoms with Crippen LogP contribution in [0.3, 0.4) is 0 Å². The van der Waals surface area contributed by atoms with E-state index in [4.69, 9.17) is 9.47 Å². The molecule has 0 unspecified atom stereocenters. The van der Waals surface area contributed by atoms with Crippen molar-refractivity contribution in [3.8, 4) is 11.5 Å². The van der Waals surface area contributed by atoms with E-state index in [-0.39, 0.29) is 29.8 Å². The maximum atomic E-state index is 12.8. The van der Waals surface area contributed by atoms with Crippen LogP contribution >= 0.6 is 11.8 Å². The van der Waals surface area contributed by atoms with Crippen LogP contribution < -0.4 is 14.8 Å².